The van der Waals surface area contributed by atoms with Crippen molar-refractivity contribution in [3.05, 3.63) is 94.6 Å². The van der Waals surface area contributed by atoms with E-state index in [1.807, 2.05) is 0 Å². The molecular weight excluding hydrogens is 434 g/mol. The van der Waals surface area contributed by atoms with Crippen LogP contribution in [0.25, 0.3) is 16.7 Å². The van der Waals surface area contributed by atoms with E-state index in [2.05, 4.69) is 99.3 Å². The molecule has 1 heteroatoms. The average molecular weight is 476 g/mol. The summed E-state index contributed by atoms with van der Waals surface area (Å²) in [6, 6.07) is 24.3. The second kappa shape index (κ2) is 9.58. The number of benzene rings is 3. The van der Waals surface area contributed by atoms with Crippen molar-refractivity contribution in [3.63, 3.8) is 0 Å². The summed E-state index contributed by atoms with van der Waals surface area (Å²) in [5.74, 6) is 1.30. The molecule has 6 rings (SSSR count). The Bertz CT molecular complexity index is 1280. The summed E-state index contributed by atoms with van der Waals surface area (Å²) in [7, 11) is 0. The fourth-order valence-electron chi connectivity index (χ4n) is 7.33. The molecule has 0 bridgehead atoms. The number of unbranched alkanes of at least 4 members (excludes halogenated alkanes) is 1. The predicted molar refractivity (Wildman–Crippen MR) is 155 cm³/mol. The molecule has 186 valence electrons. The highest BCUT2D eigenvalue weighted by atomic mass is 15.2. The molecular formula is C35H41N. The van der Waals surface area contributed by atoms with E-state index >= 15 is 0 Å². The Morgan fingerprint density at radius 1 is 0.944 bits per heavy atom. The number of fused-ring (bicyclic) bond motifs is 4. The van der Waals surface area contributed by atoms with Crippen LogP contribution in [0.1, 0.15) is 99.6 Å². The fourth-order valence-corrected chi connectivity index (χ4v) is 7.33. The van der Waals surface area contributed by atoms with E-state index in [0.717, 1.165) is 6.42 Å². The van der Waals surface area contributed by atoms with E-state index in [0.29, 0.717) is 23.9 Å². The molecule has 2 unspecified atom stereocenters. The maximum Gasteiger partial charge on any atom is 0.0739 e. The lowest BCUT2D eigenvalue weighted by atomic mass is 9.75. The van der Waals surface area contributed by atoms with Crippen LogP contribution in [-0.2, 0) is 12.8 Å². The third-order valence-corrected chi connectivity index (χ3v) is 8.85. The van der Waals surface area contributed by atoms with Gasteiger partial charge in [-0.05, 0) is 95.5 Å². The minimum Gasteiger partial charge on any atom is -0.357 e. The van der Waals surface area contributed by atoms with Crippen LogP contribution >= 0.6 is 0 Å². The second-order valence-electron chi connectivity index (χ2n) is 11.7. The first-order valence-corrected chi connectivity index (χ1v) is 14.4. The fraction of sp³-hybridized carbons (Fsp3) is 0.429. The Hall–Kier alpha value is -2.80. The van der Waals surface area contributed by atoms with Gasteiger partial charge >= 0.3 is 0 Å². The first kappa shape index (κ1) is 23.6. The van der Waals surface area contributed by atoms with Gasteiger partial charge in [0.05, 0.1) is 6.04 Å². The topological polar surface area (TPSA) is 3.24 Å². The molecule has 3 aliphatic rings. The maximum atomic E-state index is 2.83. The van der Waals surface area contributed by atoms with Crippen LogP contribution in [-0.4, -0.2) is 6.04 Å². The summed E-state index contributed by atoms with van der Waals surface area (Å²) in [4.78, 5) is 2.83. The maximum absolute atomic E-state index is 2.83. The molecule has 2 aliphatic heterocycles. The molecule has 0 radical (unpaired) electrons. The number of nitrogens with zero attached hydrogens (tertiary/aromatic N) is 1. The molecule has 0 saturated heterocycles. The second-order valence-corrected chi connectivity index (χ2v) is 11.7. The van der Waals surface area contributed by atoms with E-state index in [9.17, 15) is 0 Å². The Labute approximate surface area is 218 Å². The van der Waals surface area contributed by atoms with Gasteiger partial charge in [0.25, 0.3) is 0 Å². The molecule has 3 atom stereocenters. The van der Waals surface area contributed by atoms with Gasteiger partial charge in [-0.15, -0.1) is 0 Å². The van der Waals surface area contributed by atoms with Crippen LogP contribution in [0, 0.1) is 5.92 Å². The van der Waals surface area contributed by atoms with Crippen molar-refractivity contribution < 1.29 is 0 Å². The van der Waals surface area contributed by atoms with E-state index < -0.39 is 0 Å². The Kier molecular flexibility index (Phi) is 6.28. The van der Waals surface area contributed by atoms with Crippen molar-refractivity contribution in [1.29, 1.82) is 0 Å². The molecule has 2 heterocycles. The molecule has 0 amide bonds. The predicted octanol–water partition coefficient (Wildman–Crippen LogP) is 9.51. The van der Waals surface area contributed by atoms with Crippen molar-refractivity contribution >= 4 is 11.3 Å². The van der Waals surface area contributed by atoms with Gasteiger partial charge in [0.15, 0.2) is 0 Å². The molecule has 0 N–H and O–H groups in total. The average Bonchev–Trinajstić information content (AvgIpc) is 3.32. The number of allylic oxidation sites excluding steroid dienone is 1. The number of aryl methyl sites for hydroxylation is 2. The quantitative estimate of drug-likeness (QED) is 0.329. The van der Waals surface area contributed by atoms with Crippen LogP contribution in [0.4, 0.5) is 5.69 Å². The Morgan fingerprint density at radius 3 is 2.53 bits per heavy atom. The van der Waals surface area contributed by atoms with E-state index in [-0.39, 0.29) is 0 Å². The Balaban J connectivity index is 1.53. The molecule has 1 nitrogen and oxygen atoms in total. The first-order chi connectivity index (χ1) is 17.6. The largest absolute Gasteiger partial charge is 0.357 e. The Morgan fingerprint density at radius 2 is 1.78 bits per heavy atom. The summed E-state index contributed by atoms with van der Waals surface area (Å²) in [5.41, 5.74) is 13.7. The monoisotopic (exact) mass is 475 g/mol. The van der Waals surface area contributed by atoms with E-state index in [1.54, 1.807) is 22.3 Å². The van der Waals surface area contributed by atoms with Crippen LogP contribution in [0.2, 0.25) is 0 Å². The first-order valence-electron chi connectivity index (χ1n) is 14.4. The van der Waals surface area contributed by atoms with Crippen molar-refractivity contribution in [2.75, 3.05) is 4.90 Å². The standard InChI is InChI=1S/C35H41N/c1-5-7-11-24-19-27-14-16-29-32(6-2)36-33-17-15-26(25-12-9-8-10-13-25)21-30(33)28(18-23(3)4)22-34(36)31(20-24)35(27)29/h8-10,12-13,15,17,19-23,29,32,34H,5-7,11,14,16,18H2,1-4H3/t29-,32?,34?/m0/s1. The molecule has 36 heavy (non-hydrogen) atoms. The van der Waals surface area contributed by atoms with E-state index in [1.165, 1.54) is 66.5 Å². The molecule has 3 aromatic rings. The highest BCUT2D eigenvalue weighted by Gasteiger charge is 2.45. The zero-order valence-corrected chi connectivity index (χ0v) is 22.6. The van der Waals surface area contributed by atoms with Crippen molar-refractivity contribution in [1.82, 2.24) is 0 Å². The number of hydrogen-bond donors (Lipinski definition) is 0. The van der Waals surface area contributed by atoms with Crippen LogP contribution in [0.5, 0.6) is 0 Å². The van der Waals surface area contributed by atoms with Crippen molar-refractivity contribution in [2.24, 2.45) is 5.92 Å². The van der Waals surface area contributed by atoms with Gasteiger partial charge in [-0.1, -0.05) is 88.7 Å². The number of rotatable bonds is 7. The molecule has 0 spiro atoms. The number of anilines is 1. The minimum absolute atomic E-state index is 0.364. The third-order valence-electron chi connectivity index (χ3n) is 8.85. The van der Waals surface area contributed by atoms with Crippen molar-refractivity contribution in [3.8, 4) is 11.1 Å². The van der Waals surface area contributed by atoms with Gasteiger partial charge in [0.1, 0.15) is 0 Å². The summed E-state index contributed by atoms with van der Waals surface area (Å²) < 4.78 is 0. The highest BCUT2D eigenvalue weighted by molar-refractivity contribution is 5.86. The van der Waals surface area contributed by atoms with Gasteiger partial charge in [0.2, 0.25) is 0 Å². The van der Waals surface area contributed by atoms with Gasteiger partial charge in [-0.3, -0.25) is 0 Å². The normalized spacial score (nSPS) is 21.8. The molecule has 0 saturated carbocycles. The van der Waals surface area contributed by atoms with Gasteiger partial charge in [0, 0.05) is 23.2 Å². The van der Waals surface area contributed by atoms with Gasteiger partial charge in [-0.2, -0.15) is 0 Å². The summed E-state index contributed by atoms with van der Waals surface area (Å²) in [6.07, 6.45) is 11.3. The number of hydrogen-bond acceptors (Lipinski definition) is 1. The summed E-state index contributed by atoms with van der Waals surface area (Å²) in [6.45, 7) is 9.45. The molecule has 1 aliphatic carbocycles. The zero-order chi connectivity index (χ0) is 24.8. The SMILES string of the molecule is CCCCc1cc2c3c(c1)C1C=C(CC(C)C)c4cc(-c5ccccc5)ccc4N1C(CC)[C@@H]3CC2. The molecule has 0 aromatic heterocycles. The lowest BCUT2D eigenvalue weighted by molar-refractivity contribution is 0.425. The van der Waals surface area contributed by atoms with Gasteiger partial charge < -0.3 is 4.90 Å². The smallest absolute Gasteiger partial charge is 0.0739 e. The van der Waals surface area contributed by atoms with Crippen LogP contribution < -0.4 is 4.90 Å². The van der Waals surface area contributed by atoms with Gasteiger partial charge in [-0.25, -0.2) is 0 Å². The highest BCUT2D eigenvalue weighted by Crippen LogP contribution is 2.55. The minimum atomic E-state index is 0.364. The zero-order valence-electron chi connectivity index (χ0n) is 22.6. The van der Waals surface area contributed by atoms with E-state index in [4.69, 9.17) is 0 Å². The molecule has 3 aromatic carbocycles. The molecule has 0 fully saturated rings. The lowest BCUT2D eigenvalue weighted by Crippen LogP contribution is -2.46. The lowest BCUT2D eigenvalue weighted by Gasteiger charge is -2.50. The third kappa shape index (κ3) is 3.92. The summed E-state index contributed by atoms with van der Waals surface area (Å²) in [5, 5.41) is 0. The van der Waals surface area contributed by atoms with Crippen molar-refractivity contribution in [2.45, 2.75) is 90.6 Å². The summed E-state index contributed by atoms with van der Waals surface area (Å²) >= 11 is 0. The van der Waals surface area contributed by atoms with Crippen LogP contribution in [0.15, 0.2) is 66.7 Å². The van der Waals surface area contributed by atoms with Crippen LogP contribution in [0.3, 0.4) is 0 Å².